The summed E-state index contributed by atoms with van der Waals surface area (Å²) in [4.78, 5) is 31.9. The van der Waals surface area contributed by atoms with Crippen molar-refractivity contribution in [2.24, 2.45) is 0 Å². The van der Waals surface area contributed by atoms with E-state index in [4.69, 9.17) is 9.72 Å². The summed E-state index contributed by atoms with van der Waals surface area (Å²) < 4.78 is 24.1. The average molecular weight is 500 g/mol. The topological polar surface area (TPSA) is 99.8 Å². The van der Waals surface area contributed by atoms with Gasteiger partial charge in [-0.25, -0.2) is 24.3 Å². The molecule has 0 bridgehead atoms. The van der Waals surface area contributed by atoms with Gasteiger partial charge in [-0.1, -0.05) is 31.2 Å². The third kappa shape index (κ3) is 4.13. The molecule has 2 atom stereocenters. The number of halogens is 1. The van der Waals surface area contributed by atoms with Gasteiger partial charge in [-0.2, -0.15) is 0 Å². The molecule has 4 heterocycles. The lowest BCUT2D eigenvalue weighted by Gasteiger charge is -2.24. The molecule has 37 heavy (non-hydrogen) atoms. The molecule has 9 nitrogen and oxygen atoms in total. The first-order valence-corrected chi connectivity index (χ1v) is 12.5. The van der Waals surface area contributed by atoms with Gasteiger partial charge in [-0.15, -0.1) is 0 Å². The number of ether oxygens (including phenoxy) is 1. The maximum Gasteiger partial charge on any atom is 0.269 e. The van der Waals surface area contributed by atoms with Gasteiger partial charge in [0.15, 0.2) is 17.0 Å². The highest BCUT2D eigenvalue weighted by Gasteiger charge is 2.24. The number of imidazole rings is 1. The zero-order valence-corrected chi connectivity index (χ0v) is 20.3. The van der Waals surface area contributed by atoms with Crippen LogP contribution >= 0.6 is 0 Å². The van der Waals surface area contributed by atoms with Crippen molar-refractivity contribution in [2.75, 3.05) is 11.9 Å². The minimum absolute atomic E-state index is 0.0411. The molecule has 1 aliphatic rings. The van der Waals surface area contributed by atoms with Crippen LogP contribution in [0.4, 0.5) is 10.2 Å². The van der Waals surface area contributed by atoms with Crippen LogP contribution in [-0.2, 0) is 4.74 Å². The van der Waals surface area contributed by atoms with E-state index < -0.39 is 17.4 Å². The van der Waals surface area contributed by atoms with Crippen LogP contribution in [0, 0.1) is 5.82 Å². The Balaban J connectivity index is 1.47. The number of hydrogen-bond acceptors (Lipinski definition) is 7. The second-order valence-corrected chi connectivity index (χ2v) is 9.05. The Morgan fingerprint density at radius 2 is 1.97 bits per heavy atom. The lowest BCUT2D eigenvalue weighted by Crippen LogP contribution is -2.28. The standard InChI is InChI=1S/C27H26FN7O2/c1-2-19(32-24-23-26(30-15-29-24)34(16-31-23)21-13-6-7-14-37-21)25-33-20-12-8-11-18(28)22(20)27(36)35(25)17-9-4-3-5-10-17/h3-5,8-12,15-16,19,21H,2,6-7,13-14H2,1H3,(H,29,30,32). The van der Waals surface area contributed by atoms with Crippen molar-refractivity contribution in [2.45, 2.75) is 44.9 Å². The SMILES string of the molecule is CCC(Nc1ncnc2c1ncn2C1CCCCO1)c1nc2cccc(F)c2c(=O)n1-c1ccccc1. The smallest absolute Gasteiger partial charge is 0.269 e. The average Bonchev–Trinajstić information content (AvgIpc) is 3.37. The summed E-state index contributed by atoms with van der Waals surface area (Å²) >= 11 is 0. The summed E-state index contributed by atoms with van der Waals surface area (Å²) in [6.07, 6.45) is 6.74. The number of aromatic nitrogens is 6. The summed E-state index contributed by atoms with van der Waals surface area (Å²) in [7, 11) is 0. The van der Waals surface area contributed by atoms with E-state index in [1.165, 1.54) is 17.0 Å². The molecule has 5 aromatic rings. The van der Waals surface area contributed by atoms with Crippen molar-refractivity contribution in [3.05, 3.63) is 83.2 Å². The predicted octanol–water partition coefficient (Wildman–Crippen LogP) is 4.93. The number of nitrogens with zero attached hydrogens (tertiary/aromatic N) is 6. The molecule has 2 unspecified atom stereocenters. The van der Waals surface area contributed by atoms with E-state index in [2.05, 4.69) is 20.3 Å². The number of hydrogen-bond donors (Lipinski definition) is 1. The Hall–Kier alpha value is -4.18. The highest BCUT2D eigenvalue weighted by Crippen LogP contribution is 2.30. The summed E-state index contributed by atoms with van der Waals surface area (Å²) in [6.45, 7) is 2.70. The van der Waals surface area contributed by atoms with Gasteiger partial charge >= 0.3 is 0 Å². The number of para-hydroxylation sites is 1. The van der Waals surface area contributed by atoms with E-state index in [1.807, 2.05) is 29.7 Å². The van der Waals surface area contributed by atoms with Gasteiger partial charge in [-0.3, -0.25) is 13.9 Å². The lowest BCUT2D eigenvalue weighted by molar-refractivity contribution is -0.0298. The molecular weight excluding hydrogens is 473 g/mol. The Morgan fingerprint density at radius 3 is 2.76 bits per heavy atom. The monoisotopic (exact) mass is 499 g/mol. The molecule has 0 saturated carbocycles. The van der Waals surface area contributed by atoms with Gasteiger partial charge in [-0.05, 0) is 49.9 Å². The van der Waals surface area contributed by atoms with Crippen LogP contribution in [0.25, 0.3) is 27.8 Å². The van der Waals surface area contributed by atoms with Gasteiger partial charge in [0, 0.05) is 6.61 Å². The summed E-state index contributed by atoms with van der Waals surface area (Å²) in [5.41, 5.74) is 1.73. The van der Waals surface area contributed by atoms with E-state index in [0.717, 1.165) is 19.3 Å². The molecule has 3 aromatic heterocycles. The summed E-state index contributed by atoms with van der Waals surface area (Å²) in [5.74, 6) is 0.387. The highest BCUT2D eigenvalue weighted by atomic mass is 19.1. The fourth-order valence-electron chi connectivity index (χ4n) is 4.89. The minimum Gasteiger partial charge on any atom is -0.358 e. The van der Waals surface area contributed by atoms with Gasteiger partial charge in [0.25, 0.3) is 5.56 Å². The Bertz CT molecular complexity index is 1630. The van der Waals surface area contributed by atoms with E-state index in [-0.39, 0.29) is 11.6 Å². The van der Waals surface area contributed by atoms with Crippen LogP contribution in [0.1, 0.15) is 50.7 Å². The number of anilines is 1. The van der Waals surface area contributed by atoms with Crippen molar-refractivity contribution in [1.82, 2.24) is 29.1 Å². The van der Waals surface area contributed by atoms with Gasteiger partial charge in [0.2, 0.25) is 0 Å². The van der Waals surface area contributed by atoms with Gasteiger partial charge in [0.05, 0.1) is 23.6 Å². The van der Waals surface area contributed by atoms with Crippen LogP contribution in [0.2, 0.25) is 0 Å². The molecule has 10 heteroatoms. The zero-order chi connectivity index (χ0) is 25.4. The largest absolute Gasteiger partial charge is 0.358 e. The highest BCUT2D eigenvalue weighted by molar-refractivity contribution is 5.83. The fourth-order valence-corrected chi connectivity index (χ4v) is 4.89. The van der Waals surface area contributed by atoms with E-state index >= 15 is 0 Å². The number of fused-ring (bicyclic) bond motifs is 2. The molecule has 1 saturated heterocycles. The quantitative estimate of drug-likeness (QED) is 0.354. The van der Waals surface area contributed by atoms with Crippen LogP contribution < -0.4 is 10.9 Å². The van der Waals surface area contributed by atoms with Crippen molar-refractivity contribution in [3.63, 3.8) is 0 Å². The van der Waals surface area contributed by atoms with Gasteiger partial charge in [0.1, 0.15) is 29.6 Å². The molecule has 188 valence electrons. The van der Waals surface area contributed by atoms with E-state index in [1.54, 1.807) is 30.6 Å². The van der Waals surface area contributed by atoms with Crippen molar-refractivity contribution in [1.29, 1.82) is 0 Å². The molecule has 0 aliphatic carbocycles. The zero-order valence-electron chi connectivity index (χ0n) is 20.3. The van der Waals surface area contributed by atoms with Crippen LogP contribution in [0.5, 0.6) is 0 Å². The predicted molar refractivity (Wildman–Crippen MR) is 138 cm³/mol. The Kier molecular flexibility index (Phi) is 6.09. The fraction of sp³-hybridized carbons (Fsp3) is 0.296. The van der Waals surface area contributed by atoms with Crippen molar-refractivity contribution >= 4 is 27.9 Å². The number of benzene rings is 2. The van der Waals surface area contributed by atoms with Crippen molar-refractivity contribution in [3.8, 4) is 5.69 Å². The normalized spacial score (nSPS) is 16.8. The number of nitrogens with one attached hydrogen (secondary N) is 1. The molecule has 0 amide bonds. The molecule has 1 aliphatic heterocycles. The third-order valence-corrected chi connectivity index (χ3v) is 6.74. The summed E-state index contributed by atoms with van der Waals surface area (Å²) in [6, 6.07) is 13.2. The Labute approximate surface area is 212 Å². The maximum absolute atomic E-state index is 14.7. The van der Waals surface area contributed by atoms with Crippen LogP contribution in [0.15, 0.2) is 66.0 Å². The Morgan fingerprint density at radius 1 is 1.11 bits per heavy atom. The lowest BCUT2D eigenvalue weighted by atomic mass is 10.1. The maximum atomic E-state index is 14.7. The molecular formula is C27H26FN7O2. The second kappa shape index (κ2) is 9.70. The molecule has 1 N–H and O–H groups in total. The molecule has 2 aromatic carbocycles. The number of rotatable bonds is 6. The van der Waals surface area contributed by atoms with Crippen molar-refractivity contribution < 1.29 is 9.13 Å². The first kappa shape index (κ1) is 23.2. The third-order valence-electron chi connectivity index (χ3n) is 6.74. The van der Waals surface area contributed by atoms with E-state index in [9.17, 15) is 9.18 Å². The molecule has 1 fully saturated rings. The molecule has 0 radical (unpaired) electrons. The van der Waals surface area contributed by atoms with Crippen LogP contribution in [-0.4, -0.2) is 35.7 Å². The molecule has 6 rings (SSSR count). The van der Waals surface area contributed by atoms with Crippen LogP contribution in [0.3, 0.4) is 0 Å². The first-order chi connectivity index (χ1) is 18.2. The van der Waals surface area contributed by atoms with E-state index in [0.29, 0.717) is 47.0 Å². The summed E-state index contributed by atoms with van der Waals surface area (Å²) in [5, 5.41) is 3.40. The second-order valence-electron chi connectivity index (χ2n) is 9.05. The van der Waals surface area contributed by atoms with Gasteiger partial charge < -0.3 is 10.1 Å². The first-order valence-electron chi connectivity index (χ1n) is 12.5. The minimum atomic E-state index is -0.597. The molecule has 0 spiro atoms.